The van der Waals surface area contributed by atoms with Gasteiger partial charge in [-0.25, -0.2) is 0 Å². The second kappa shape index (κ2) is 4.11. The number of carbonyl (C=O) groups excluding carboxylic acids is 1. The van der Waals surface area contributed by atoms with E-state index < -0.39 is 0 Å². The van der Waals surface area contributed by atoms with Gasteiger partial charge in [-0.1, -0.05) is 23.7 Å². The van der Waals surface area contributed by atoms with E-state index in [4.69, 9.17) is 21.8 Å². The molecule has 0 aliphatic heterocycles. The number of hydrogen-bond acceptors (Lipinski definition) is 3. The van der Waals surface area contributed by atoms with Gasteiger partial charge in [0.15, 0.2) is 17.1 Å². The number of benzene rings is 1. The predicted molar refractivity (Wildman–Crippen MR) is 70.9 cm³/mol. The number of rotatable bonds is 3. The molecule has 0 bridgehead atoms. The highest BCUT2D eigenvalue weighted by molar-refractivity contribution is 6.34. The normalized spacial score (nSPS) is 17.7. The van der Waals surface area contributed by atoms with Gasteiger partial charge >= 0.3 is 0 Å². The van der Waals surface area contributed by atoms with Crippen molar-refractivity contribution >= 4 is 28.4 Å². The third kappa shape index (κ3) is 1.93. The predicted octanol–water partition coefficient (Wildman–Crippen LogP) is 3.54. The molecule has 0 radical (unpaired) electrons. The third-order valence-corrected chi connectivity index (χ3v) is 3.93. The molecule has 0 saturated heterocycles. The molecule has 2 aromatic rings. The van der Waals surface area contributed by atoms with Gasteiger partial charge in [0.25, 0.3) is 0 Å². The van der Waals surface area contributed by atoms with Crippen LogP contribution in [0, 0.1) is 0 Å². The lowest BCUT2D eigenvalue weighted by molar-refractivity contribution is 0.0887. The number of halogens is 1. The Kier molecular flexibility index (Phi) is 2.68. The van der Waals surface area contributed by atoms with Crippen LogP contribution in [0.25, 0.3) is 11.0 Å². The third-order valence-electron chi connectivity index (χ3n) is 3.63. The molecule has 3 nitrogen and oxygen atoms in total. The summed E-state index contributed by atoms with van der Waals surface area (Å²) >= 11 is 6.02. The molecule has 1 aromatic heterocycles. The molecular formula is C14H14ClNO2. The van der Waals surface area contributed by atoms with Gasteiger partial charge in [0.2, 0.25) is 0 Å². The van der Waals surface area contributed by atoms with Crippen molar-refractivity contribution in [3.63, 3.8) is 0 Å². The zero-order valence-electron chi connectivity index (χ0n) is 9.91. The molecule has 1 aromatic carbocycles. The minimum Gasteiger partial charge on any atom is -0.451 e. The summed E-state index contributed by atoms with van der Waals surface area (Å²) < 4.78 is 5.54. The minimum atomic E-state index is -0.320. The molecule has 1 heterocycles. The first-order valence-corrected chi connectivity index (χ1v) is 6.45. The molecule has 94 valence electrons. The minimum absolute atomic E-state index is 0.0375. The summed E-state index contributed by atoms with van der Waals surface area (Å²) in [7, 11) is 0. The van der Waals surface area contributed by atoms with Gasteiger partial charge in [0, 0.05) is 17.3 Å². The summed E-state index contributed by atoms with van der Waals surface area (Å²) in [6.45, 7) is 0. The Hall–Kier alpha value is -1.32. The molecule has 4 heteroatoms. The smallest absolute Gasteiger partial charge is 0.199 e. The number of furan rings is 1. The monoisotopic (exact) mass is 263 g/mol. The van der Waals surface area contributed by atoms with Crippen molar-refractivity contribution in [2.24, 2.45) is 5.73 Å². The average molecular weight is 264 g/mol. The molecule has 1 saturated carbocycles. The number of nitrogens with two attached hydrogens (primary N) is 1. The standard InChI is InChI=1S/C14H14ClNO2/c15-10-4-1-3-9-7-12(18-13(9)10)11(17)8-14(16)5-2-6-14/h1,3-4,7H,2,5-6,8,16H2. The van der Waals surface area contributed by atoms with Crippen LogP contribution in [0.2, 0.25) is 5.02 Å². The first kappa shape index (κ1) is 11.8. The SMILES string of the molecule is NC1(CC(=O)c2cc3cccc(Cl)c3o2)CCC1. The summed E-state index contributed by atoms with van der Waals surface area (Å²) in [5, 5.41) is 1.38. The van der Waals surface area contributed by atoms with Crippen LogP contribution >= 0.6 is 11.6 Å². The van der Waals surface area contributed by atoms with Crippen LogP contribution < -0.4 is 5.73 Å². The van der Waals surface area contributed by atoms with E-state index >= 15 is 0 Å². The van der Waals surface area contributed by atoms with Crippen molar-refractivity contribution in [1.29, 1.82) is 0 Å². The van der Waals surface area contributed by atoms with Gasteiger partial charge in [0.05, 0.1) is 5.02 Å². The number of Topliss-reactive ketones (excluding diaryl/α,β-unsaturated/α-hetero) is 1. The van der Waals surface area contributed by atoms with Crippen LogP contribution in [-0.4, -0.2) is 11.3 Å². The molecule has 3 rings (SSSR count). The van der Waals surface area contributed by atoms with E-state index in [0.717, 1.165) is 24.6 Å². The maximum atomic E-state index is 12.1. The Balaban J connectivity index is 1.90. The average Bonchev–Trinajstić information content (AvgIpc) is 2.72. The summed E-state index contributed by atoms with van der Waals surface area (Å²) in [5.74, 6) is 0.319. The number of para-hydroxylation sites is 1. The summed E-state index contributed by atoms with van der Waals surface area (Å²) in [6.07, 6.45) is 3.29. The Bertz CT molecular complexity index is 613. The van der Waals surface area contributed by atoms with Crippen molar-refractivity contribution < 1.29 is 9.21 Å². The molecule has 18 heavy (non-hydrogen) atoms. The van der Waals surface area contributed by atoms with Crippen molar-refractivity contribution in [3.05, 3.63) is 35.0 Å². The maximum absolute atomic E-state index is 12.1. The molecule has 1 aliphatic rings. The fraction of sp³-hybridized carbons (Fsp3) is 0.357. The van der Waals surface area contributed by atoms with E-state index in [2.05, 4.69) is 0 Å². The van der Waals surface area contributed by atoms with Crippen LogP contribution in [0.4, 0.5) is 0 Å². The van der Waals surface area contributed by atoms with Crippen LogP contribution in [0.1, 0.15) is 36.2 Å². The maximum Gasteiger partial charge on any atom is 0.199 e. The van der Waals surface area contributed by atoms with Crippen LogP contribution in [-0.2, 0) is 0 Å². The second-order valence-electron chi connectivity index (χ2n) is 5.08. The van der Waals surface area contributed by atoms with Gasteiger partial charge in [0.1, 0.15) is 0 Å². The first-order valence-electron chi connectivity index (χ1n) is 6.08. The zero-order valence-corrected chi connectivity index (χ0v) is 10.7. The van der Waals surface area contributed by atoms with Crippen LogP contribution in [0.5, 0.6) is 0 Å². The van der Waals surface area contributed by atoms with Gasteiger partial charge in [-0.15, -0.1) is 0 Å². The quantitative estimate of drug-likeness (QED) is 0.862. The second-order valence-corrected chi connectivity index (χ2v) is 5.49. The van der Waals surface area contributed by atoms with Crippen molar-refractivity contribution in [3.8, 4) is 0 Å². The highest BCUT2D eigenvalue weighted by Gasteiger charge is 2.35. The summed E-state index contributed by atoms with van der Waals surface area (Å²) in [5.41, 5.74) is 6.33. The Morgan fingerprint density at radius 2 is 2.22 bits per heavy atom. The van der Waals surface area contributed by atoms with Gasteiger partial charge in [-0.05, 0) is 31.4 Å². The van der Waals surface area contributed by atoms with Crippen molar-refractivity contribution in [2.45, 2.75) is 31.2 Å². The lowest BCUT2D eigenvalue weighted by atomic mass is 9.74. The molecule has 0 atom stereocenters. The van der Waals surface area contributed by atoms with E-state index in [1.807, 2.05) is 12.1 Å². The van der Waals surface area contributed by atoms with E-state index in [1.54, 1.807) is 12.1 Å². The lowest BCUT2D eigenvalue weighted by Gasteiger charge is -2.37. The van der Waals surface area contributed by atoms with Gasteiger partial charge < -0.3 is 10.2 Å². The molecule has 0 amide bonds. The van der Waals surface area contributed by atoms with E-state index in [-0.39, 0.29) is 11.3 Å². The van der Waals surface area contributed by atoms with E-state index in [0.29, 0.717) is 22.8 Å². The Labute approximate surface area is 110 Å². The fourth-order valence-corrected chi connectivity index (χ4v) is 2.60. The zero-order chi connectivity index (χ0) is 12.8. The first-order chi connectivity index (χ1) is 8.57. The largest absolute Gasteiger partial charge is 0.451 e. The number of fused-ring (bicyclic) bond motifs is 1. The molecule has 1 fully saturated rings. The summed E-state index contributed by atoms with van der Waals surface area (Å²) in [4.78, 5) is 12.1. The van der Waals surface area contributed by atoms with Gasteiger partial charge in [-0.3, -0.25) is 4.79 Å². The van der Waals surface area contributed by atoms with Crippen LogP contribution in [0.3, 0.4) is 0 Å². The van der Waals surface area contributed by atoms with Crippen molar-refractivity contribution in [1.82, 2.24) is 0 Å². The highest BCUT2D eigenvalue weighted by atomic mass is 35.5. The number of ketones is 1. The molecule has 1 aliphatic carbocycles. The van der Waals surface area contributed by atoms with Crippen molar-refractivity contribution in [2.75, 3.05) is 0 Å². The molecule has 0 unspecified atom stereocenters. The summed E-state index contributed by atoms with van der Waals surface area (Å²) in [6, 6.07) is 7.21. The fourth-order valence-electron chi connectivity index (χ4n) is 2.38. The number of carbonyl (C=O) groups is 1. The molecular weight excluding hydrogens is 250 g/mol. The molecule has 0 spiro atoms. The highest BCUT2D eigenvalue weighted by Crippen LogP contribution is 2.34. The van der Waals surface area contributed by atoms with E-state index in [1.165, 1.54) is 0 Å². The topological polar surface area (TPSA) is 56.2 Å². The van der Waals surface area contributed by atoms with Crippen LogP contribution in [0.15, 0.2) is 28.7 Å². The molecule has 2 N–H and O–H groups in total. The van der Waals surface area contributed by atoms with E-state index in [9.17, 15) is 4.79 Å². The Morgan fingerprint density at radius 3 is 2.83 bits per heavy atom. The number of hydrogen-bond donors (Lipinski definition) is 1. The van der Waals surface area contributed by atoms with Gasteiger partial charge in [-0.2, -0.15) is 0 Å². The Morgan fingerprint density at radius 1 is 1.44 bits per heavy atom. The lowest BCUT2D eigenvalue weighted by Crippen LogP contribution is -2.48.